The van der Waals surface area contributed by atoms with Crippen LogP contribution in [0.15, 0.2) is 24.3 Å². The van der Waals surface area contributed by atoms with Crippen molar-refractivity contribution in [1.29, 1.82) is 0 Å². The number of benzene rings is 1. The van der Waals surface area contributed by atoms with Crippen molar-refractivity contribution >= 4 is 11.9 Å². The number of carbonyl (C=O) groups excluding carboxylic acids is 2. The Morgan fingerprint density at radius 3 is 2.71 bits per heavy atom. The molecule has 0 saturated carbocycles. The fourth-order valence-corrected chi connectivity index (χ4v) is 3.43. The molecule has 2 aliphatic rings. The van der Waals surface area contributed by atoms with Crippen LogP contribution in [0.5, 0.6) is 0 Å². The monoisotopic (exact) mass is 332 g/mol. The molecule has 0 bridgehead atoms. The average Bonchev–Trinajstić information content (AvgIpc) is 2.77. The molecular formula is C18H24N2O4. The summed E-state index contributed by atoms with van der Waals surface area (Å²) in [7, 11) is 0. The van der Waals surface area contributed by atoms with Crippen LogP contribution >= 0.6 is 0 Å². The predicted octanol–water partition coefficient (Wildman–Crippen LogP) is 1.25. The van der Waals surface area contributed by atoms with Gasteiger partial charge in [0.05, 0.1) is 25.4 Å². The Hall–Kier alpha value is -1.92. The van der Waals surface area contributed by atoms with Crippen molar-refractivity contribution in [3.63, 3.8) is 0 Å². The molecule has 1 aromatic carbocycles. The molecule has 0 radical (unpaired) electrons. The summed E-state index contributed by atoms with van der Waals surface area (Å²) in [4.78, 5) is 26.3. The number of nitrogens with one attached hydrogen (secondary N) is 1. The summed E-state index contributed by atoms with van der Waals surface area (Å²) in [6, 6.07) is 7.58. The SMILES string of the molecule is CC(C)OC[C@H](O)CN1C(=O)N[C@]2(CCc3ccccc3C2)C1=O. The molecule has 130 valence electrons. The minimum absolute atomic E-state index is 0.0102. The number of hydrogen-bond donors (Lipinski definition) is 2. The fourth-order valence-electron chi connectivity index (χ4n) is 3.43. The molecular weight excluding hydrogens is 308 g/mol. The number of nitrogens with zero attached hydrogens (tertiary/aromatic N) is 1. The zero-order valence-electron chi connectivity index (χ0n) is 14.1. The van der Waals surface area contributed by atoms with Crippen molar-refractivity contribution in [1.82, 2.24) is 10.2 Å². The molecule has 1 heterocycles. The lowest BCUT2D eigenvalue weighted by Crippen LogP contribution is -2.51. The maximum absolute atomic E-state index is 12.9. The Kier molecular flexibility index (Phi) is 4.60. The van der Waals surface area contributed by atoms with Gasteiger partial charge in [-0.05, 0) is 37.8 Å². The van der Waals surface area contributed by atoms with Crippen molar-refractivity contribution in [2.24, 2.45) is 0 Å². The Morgan fingerprint density at radius 2 is 2.00 bits per heavy atom. The molecule has 1 aliphatic heterocycles. The van der Waals surface area contributed by atoms with E-state index in [0.29, 0.717) is 12.8 Å². The van der Waals surface area contributed by atoms with Gasteiger partial charge < -0.3 is 15.2 Å². The maximum atomic E-state index is 12.9. The molecule has 2 N–H and O–H groups in total. The first-order chi connectivity index (χ1) is 11.4. The van der Waals surface area contributed by atoms with E-state index in [-0.39, 0.29) is 25.2 Å². The Labute approximate surface area is 141 Å². The Balaban J connectivity index is 1.71. The number of β-amino-alcohol motifs (C(OH)–C–C–N with tert-alkyl or cyclic N) is 1. The number of urea groups is 1. The van der Waals surface area contributed by atoms with Gasteiger partial charge in [0.1, 0.15) is 5.54 Å². The van der Waals surface area contributed by atoms with Crippen molar-refractivity contribution in [2.75, 3.05) is 13.2 Å². The quantitative estimate of drug-likeness (QED) is 0.796. The summed E-state index contributed by atoms with van der Waals surface area (Å²) >= 11 is 0. The molecule has 1 aliphatic carbocycles. The van der Waals surface area contributed by atoms with Gasteiger partial charge in [0.15, 0.2) is 0 Å². The van der Waals surface area contributed by atoms with E-state index in [1.54, 1.807) is 0 Å². The van der Waals surface area contributed by atoms with Crippen LogP contribution < -0.4 is 5.32 Å². The Morgan fingerprint density at radius 1 is 1.29 bits per heavy atom. The average molecular weight is 332 g/mol. The third-order valence-corrected chi connectivity index (χ3v) is 4.69. The van der Waals surface area contributed by atoms with Gasteiger partial charge in [-0.2, -0.15) is 0 Å². The van der Waals surface area contributed by atoms with E-state index >= 15 is 0 Å². The summed E-state index contributed by atoms with van der Waals surface area (Å²) in [6.07, 6.45) is 0.957. The van der Waals surface area contributed by atoms with Gasteiger partial charge in [-0.3, -0.25) is 9.69 Å². The summed E-state index contributed by atoms with van der Waals surface area (Å²) in [6.45, 7) is 3.80. The number of hydrogen-bond acceptors (Lipinski definition) is 4. The second-order valence-electron chi connectivity index (χ2n) is 6.91. The summed E-state index contributed by atoms with van der Waals surface area (Å²) in [5.74, 6) is -0.245. The first-order valence-electron chi connectivity index (χ1n) is 8.42. The van der Waals surface area contributed by atoms with E-state index in [4.69, 9.17) is 4.74 Å². The largest absolute Gasteiger partial charge is 0.389 e. The van der Waals surface area contributed by atoms with Crippen LogP contribution in [-0.4, -0.2) is 52.8 Å². The standard InChI is InChI=1S/C18H24N2O4/c1-12(2)24-11-15(21)10-20-16(22)18(19-17(20)23)8-7-13-5-3-4-6-14(13)9-18/h3-6,12,15,21H,7-11H2,1-2H3,(H,19,23)/t15-,18+/m1/s1. The summed E-state index contributed by atoms with van der Waals surface area (Å²) < 4.78 is 5.35. The fraction of sp³-hybridized carbons (Fsp3) is 0.556. The number of imide groups is 1. The maximum Gasteiger partial charge on any atom is 0.325 e. The highest BCUT2D eigenvalue weighted by atomic mass is 16.5. The first-order valence-corrected chi connectivity index (χ1v) is 8.42. The van der Waals surface area contributed by atoms with E-state index in [2.05, 4.69) is 11.4 Å². The van der Waals surface area contributed by atoms with Crippen molar-refractivity contribution in [3.05, 3.63) is 35.4 Å². The molecule has 2 atom stereocenters. The van der Waals surface area contributed by atoms with Crippen LogP contribution in [0.4, 0.5) is 4.79 Å². The highest BCUT2D eigenvalue weighted by Gasteiger charge is 2.52. The van der Waals surface area contributed by atoms with Gasteiger partial charge >= 0.3 is 6.03 Å². The number of aliphatic hydroxyl groups is 1. The second-order valence-corrected chi connectivity index (χ2v) is 6.91. The topological polar surface area (TPSA) is 78.9 Å². The van der Waals surface area contributed by atoms with Gasteiger partial charge in [0.25, 0.3) is 5.91 Å². The second kappa shape index (κ2) is 6.53. The van der Waals surface area contributed by atoms with E-state index < -0.39 is 17.7 Å². The van der Waals surface area contributed by atoms with Gasteiger partial charge in [-0.1, -0.05) is 24.3 Å². The third-order valence-electron chi connectivity index (χ3n) is 4.69. The van der Waals surface area contributed by atoms with Crippen molar-refractivity contribution in [3.8, 4) is 0 Å². The van der Waals surface area contributed by atoms with Crippen LogP contribution in [0.25, 0.3) is 0 Å². The molecule has 1 spiro atoms. The number of aryl methyl sites for hydroxylation is 1. The third kappa shape index (κ3) is 3.16. The lowest BCUT2D eigenvalue weighted by Gasteiger charge is -2.32. The van der Waals surface area contributed by atoms with E-state index in [1.807, 2.05) is 32.0 Å². The lowest BCUT2D eigenvalue weighted by molar-refractivity contribution is -0.133. The zero-order chi connectivity index (χ0) is 17.3. The molecule has 1 aromatic rings. The number of aliphatic hydroxyl groups excluding tert-OH is 1. The molecule has 3 rings (SSSR count). The lowest BCUT2D eigenvalue weighted by atomic mass is 9.78. The summed E-state index contributed by atoms with van der Waals surface area (Å²) in [5.41, 5.74) is 1.46. The predicted molar refractivity (Wildman–Crippen MR) is 88.5 cm³/mol. The number of rotatable bonds is 5. The molecule has 0 aromatic heterocycles. The number of amides is 3. The molecule has 24 heavy (non-hydrogen) atoms. The van der Waals surface area contributed by atoms with Gasteiger partial charge in [0.2, 0.25) is 0 Å². The number of ether oxygens (including phenoxy) is 1. The van der Waals surface area contributed by atoms with Crippen molar-refractivity contribution < 1.29 is 19.4 Å². The molecule has 1 fully saturated rings. The molecule has 3 amide bonds. The van der Waals surface area contributed by atoms with Gasteiger partial charge in [0, 0.05) is 6.42 Å². The molecule has 6 heteroatoms. The number of fused-ring (bicyclic) bond motifs is 1. The molecule has 6 nitrogen and oxygen atoms in total. The molecule has 1 saturated heterocycles. The van der Waals surface area contributed by atoms with Crippen LogP contribution in [0.3, 0.4) is 0 Å². The van der Waals surface area contributed by atoms with Gasteiger partial charge in [-0.15, -0.1) is 0 Å². The minimum atomic E-state index is -0.881. The van der Waals surface area contributed by atoms with Crippen LogP contribution in [-0.2, 0) is 22.4 Å². The normalized spacial score (nSPS) is 24.4. The van der Waals surface area contributed by atoms with Crippen LogP contribution in [0.1, 0.15) is 31.4 Å². The zero-order valence-corrected chi connectivity index (χ0v) is 14.1. The van der Waals surface area contributed by atoms with Crippen LogP contribution in [0.2, 0.25) is 0 Å². The first kappa shape index (κ1) is 16.9. The van der Waals surface area contributed by atoms with E-state index in [9.17, 15) is 14.7 Å². The smallest absolute Gasteiger partial charge is 0.325 e. The highest BCUT2D eigenvalue weighted by molar-refractivity contribution is 6.07. The van der Waals surface area contributed by atoms with Crippen molar-refractivity contribution in [2.45, 2.75) is 50.9 Å². The van der Waals surface area contributed by atoms with E-state index in [1.165, 1.54) is 5.56 Å². The molecule has 0 unspecified atom stereocenters. The highest BCUT2D eigenvalue weighted by Crippen LogP contribution is 2.33. The summed E-state index contributed by atoms with van der Waals surface area (Å²) in [5, 5.41) is 12.9. The van der Waals surface area contributed by atoms with Crippen LogP contribution in [0, 0.1) is 0 Å². The van der Waals surface area contributed by atoms with E-state index in [0.717, 1.165) is 16.9 Å². The Bertz CT molecular complexity index is 646. The minimum Gasteiger partial charge on any atom is -0.389 e. The number of carbonyl (C=O) groups is 2. The van der Waals surface area contributed by atoms with Gasteiger partial charge in [-0.25, -0.2) is 4.79 Å².